The first-order chi connectivity index (χ1) is 11.9. The molecule has 0 spiro atoms. The first-order valence-corrected chi connectivity index (χ1v) is 8.58. The van der Waals surface area contributed by atoms with Gasteiger partial charge in [-0.1, -0.05) is 0 Å². The van der Waals surface area contributed by atoms with E-state index in [0.717, 1.165) is 17.4 Å². The molecule has 4 nitrogen and oxygen atoms in total. The molecular weight excluding hydrogens is 341 g/mol. The van der Waals surface area contributed by atoms with E-state index >= 15 is 0 Å². The minimum Gasteiger partial charge on any atom is -0.482 e. The third-order valence-corrected chi connectivity index (χ3v) is 5.17. The van der Waals surface area contributed by atoms with Gasteiger partial charge >= 0.3 is 0 Å². The van der Waals surface area contributed by atoms with Crippen LogP contribution < -0.4 is 5.32 Å². The molecule has 1 aromatic carbocycles. The van der Waals surface area contributed by atoms with E-state index in [1.54, 1.807) is 12.1 Å². The van der Waals surface area contributed by atoms with Gasteiger partial charge in [-0.25, -0.2) is 4.39 Å². The van der Waals surface area contributed by atoms with Gasteiger partial charge in [0, 0.05) is 11.1 Å². The van der Waals surface area contributed by atoms with E-state index < -0.39 is 11.4 Å². The van der Waals surface area contributed by atoms with E-state index in [1.165, 1.54) is 23.5 Å². The standard InChI is InChI=1S/C19H14FNO3S/c1-19(2)14(10-5-12(8-22)25-9-10)7-16(24-19)17-13-4-3-11(20)6-15(13)21-18(17)23/h3-9H,1-2H3,(H,21,23)/b17-16+. The van der Waals surface area contributed by atoms with Crippen LogP contribution in [0.4, 0.5) is 10.1 Å². The molecule has 2 aliphatic heterocycles. The van der Waals surface area contributed by atoms with Crippen LogP contribution in [0.15, 0.2) is 41.5 Å². The van der Waals surface area contributed by atoms with Crippen molar-refractivity contribution in [3.63, 3.8) is 0 Å². The summed E-state index contributed by atoms with van der Waals surface area (Å²) in [6, 6.07) is 5.99. The second kappa shape index (κ2) is 5.39. The number of ether oxygens (including phenoxy) is 1. The Morgan fingerprint density at radius 1 is 1.28 bits per heavy atom. The summed E-state index contributed by atoms with van der Waals surface area (Å²) in [6.45, 7) is 3.81. The SMILES string of the molecule is CC1(C)O/C(=C2/C(=O)Nc3cc(F)ccc32)C=C1c1csc(C=O)c1. The topological polar surface area (TPSA) is 55.4 Å². The normalized spacial score (nSPS) is 20.8. The Hall–Kier alpha value is -2.73. The van der Waals surface area contributed by atoms with Gasteiger partial charge in [0.05, 0.1) is 16.1 Å². The first kappa shape index (κ1) is 15.8. The van der Waals surface area contributed by atoms with Gasteiger partial charge in [0.15, 0.2) is 6.29 Å². The Labute approximate surface area is 147 Å². The Balaban J connectivity index is 1.86. The molecule has 3 heterocycles. The maximum absolute atomic E-state index is 13.4. The van der Waals surface area contributed by atoms with Crippen LogP contribution in [0, 0.1) is 5.82 Å². The van der Waals surface area contributed by atoms with Gasteiger partial charge in [-0.2, -0.15) is 0 Å². The zero-order chi connectivity index (χ0) is 17.8. The highest BCUT2D eigenvalue weighted by Gasteiger charge is 2.38. The smallest absolute Gasteiger partial charge is 0.260 e. The fourth-order valence-corrected chi connectivity index (χ4v) is 3.87. The summed E-state index contributed by atoms with van der Waals surface area (Å²) in [6.07, 6.45) is 2.64. The average molecular weight is 355 g/mol. The van der Waals surface area contributed by atoms with Crippen LogP contribution in [0.2, 0.25) is 0 Å². The van der Waals surface area contributed by atoms with Crippen LogP contribution >= 0.6 is 11.3 Å². The lowest BCUT2D eigenvalue weighted by Gasteiger charge is -2.22. The fraction of sp³-hybridized carbons (Fsp3) is 0.158. The molecule has 2 aliphatic rings. The van der Waals surface area contributed by atoms with Gasteiger partial charge in [-0.05, 0) is 55.1 Å². The fourth-order valence-electron chi connectivity index (χ4n) is 3.16. The van der Waals surface area contributed by atoms with Crippen molar-refractivity contribution in [1.29, 1.82) is 0 Å². The number of allylic oxidation sites excluding steroid dienone is 1. The van der Waals surface area contributed by atoms with Crippen molar-refractivity contribution in [2.45, 2.75) is 19.4 Å². The van der Waals surface area contributed by atoms with E-state index in [4.69, 9.17) is 4.74 Å². The number of thiophene rings is 1. The van der Waals surface area contributed by atoms with Crippen molar-refractivity contribution >= 4 is 40.4 Å². The predicted molar refractivity (Wildman–Crippen MR) is 94.8 cm³/mol. The van der Waals surface area contributed by atoms with Gasteiger partial charge in [-0.3, -0.25) is 9.59 Å². The molecule has 0 fully saturated rings. The van der Waals surface area contributed by atoms with Crippen molar-refractivity contribution in [3.05, 3.63) is 63.3 Å². The van der Waals surface area contributed by atoms with Gasteiger partial charge in [-0.15, -0.1) is 11.3 Å². The highest BCUT2D eigenvalue weighted by Crippen LogP contribution is 2.45. The van der Waals surface area contributed by atoms with Crippen molar-refractivity contribution in [3.8, 4) is 0 Å². The number of fused-ring (bicyclic) bond motifs is 1. The summed E-state index contributed by atoms with van der Waals surface area (Å²) >= 11 is 1.36. The van der Waals surface area contributed by atoms with Crippen LogP contribution in [-0.2, 0) is 9.53 Å². The summed E-state index contributed by atoms with van der Waals surface area (Å²) in [7, 11) is 0. The molecular formula is C19H14FNO3S. The van der Waals surface area contributed by atoms with E-state index in [1.807, 2.05) is 25.3 Å². The predicted octanol–water partition coefficient (Wildman–Crippen LogP) is 4.26. The lowest BCUT2D eigenvalue weighted by atomic mass is 9.94. The molecule has 25 heavy (non-hydrogen) atoms. The molecule has 1 N–H and O–H groups in total. The third-order valence-electron chi connectivity index (χ3n) is 4.31. The Bertz CT molecular complexity index is 984. The largest absolute Gasteiger partial charge is 0.482 e. The molecule has 4 rings (SSSR count). The Morgan fingerprint density at radius 2 is 2.08 bits per heavy atom. The van der Waals surface area contributed by atoms with Crippen molar-refractivity contribution in [2.24, 2.45) is 0 Å². The Morgan fingerprint density at radius 3 is 2.80 bits per heavy atom. The molecule has 2 aromatic rings. The van der Waals surface area contributed by atoms with E-state index in [2.05, 4.69) is 5.32 Å². The molecule has 0 saturated heterocycles. The van der Waals surface area contributed by atoms with Crippen LogP contribution in [-0.4, -0.2) is 17.8 Å². The highest BCUT2D eigenvalue weighted by molar-refractivity contribution is 7.11. The molecule has 1 aromatic heterocycles. The number of benzene rings is 1. The van der Waals surface area contributed by atoms with Gasteiger partial charge in [0.1, 0.15) is 17.2 Å². The number of halogens is 1. The monoisotopic (exact) mass is 355 g/mol. The lowest BCUT2D eigenvalue weighted by molar-refractivity contribution is -0.111. The number of carbonyl (C=O) groups excluding carboxylic acids is 2. The van der Waals surface area contributed by atoms with E-state index in [-0.39, 0.29) is 5.91 Å². The van der Waals surface area contributed by atoms with Crippen LogP contribution in [0.3, 0.4) is 0 Å². The quantitative estimate of drug-likeness (QED) is 0.647. The second-order valence-electron chi connectivity index (χ2n) is 6.41. The molecule has 0 saturated carbocycles. The molecule has 0 unspecified atom stereocenters. The second-order valence-corrected chi connectivity index (χ2v) is 7.35. The van der Waals surface area contributed by atoms with Crippen LogP contribution in [0.5, 0.6) is 0 Å². The van der Waals surface area contributed by atoms with Crippen molar-refractivity contribution in [2.75, 3.05) is 5.32 Å². The summed E-state index contributed by atoms with van der Waals surface area (Å²) in [5.74, 6) is -0.279. The number of rotatable bonds is 2. The molecule has 6 heteroatoms. The first-order valence-electron chi connectivity index (χ1n) is 7.70. The number of hydrogen-bond donors (Lipinski definition) is 1. The summed E-state index contributed by atoms with van der Waals surface area (Å²) in [4.78, 5) is 24.0. The number of amides is 1. The zero-order valence-corrected chi connectivity index (χ0v) is 14.4. The molecule has 1 amide bonds. The van der Waals surface area contributed by atoms with Gasteiger partial charge in [0.25, 0.3) is 5.91 Å². The molecule has 0 radical (unpaired) electrons. The number of anilines is 1. The molecule has 0 bridgehead atoms. The molecule has 0 aliphatic carbocycles. The Kier molecular flexibility index (Phi) is 3.40. The maximum Gasteiger partial charge on any atom is 0.260 e. The zero-order valence-electron chi connectivity index (χ0n) is 13.6. The van der Waals surface area contributed by atoms with E-state index in [9.17, 15) is 14.0 Å². The maximum atomic E-state index is 13.4. The summed E-state index contributed by atoms with van der Waals surface area (Å²) < 4.78 is 19.4. The average Bonchev–Trinajstić information content (AvgIpc) is 3.21. The minimum absolute atomic E-state index is 0.317. The number of nitrogens with one attached hydrogen (secondary N) is 1. The lowest BCUT2D eigenvalue weighted by Crippen LogP contribution is -2.21. The minimum atomic E-state index is -0.646. The van der Waals surface area contributed by atoms with Crippen molar-refractivity contribution < 1.29 is 18.7 Å². The van der Waals surface area contributed by atoms with Crippen LogP contribution in [0.25, 0.3) is 11.1 Å². The third kappa shape index (κ3) is 2.49. The van der Waals surface area contributed by atoms with Gasteiger partial charge in [0.2, 0.25) is 0 Å². The molecule has 0 atom stereocenters. The summed E-state index contributed by atoms with van der Waals surface area (Å²) in [5.41, 5.74) is 2.59. The number of hydrogen-bond acceptors (Lipinski definition) is 4. The van der Waals surface area contributed by atoms with E-state index in [0.29, 0.717) is 27.5 Å². The van der Waals surface area contributed by atoms with Gasteiger partial charge < -0.3 is 10.1 Å². The highest BCUT2D eigenvalue weighted by atomic mass is 32.1. The summed E-state index contributed by atoms with van der Waals surface area (Å²) in [5, 5.41) is 4.57. The number of aldehydes is 1. The van der Waals surface area contributed by atoms with Crippen LogP contribution in [0.1, 0.15) is 34.6 Å². The van der Waals surface area contributed by atoms with Crippen molar-refractivity contribution in [1.82, 2.24) is 0 Å². The number of carbonyl (C=O) groups is 2. The molecule has 126 valence electrons.